The van der Waals surface area contributed by atoms with Crippen molar-refractivity contribution in [3.05, 3.63) is 81.0 Å². The molecule has 8 heteroatoms. The van der Waals surface area contributed by atoms with E-state index in [4.69, 9.17) is 32.5 Å². The van der Waals surface area contributed by atoms with Crippen molar-refractivity contribution in [1.29, 1.82) is 0 Å². The van der Waals surface area contributed by atoms with Gasteiger partial charge in [0.25, 0.3) is 5.91 Å². The number of benzene rings is 2. The molecule has 2 aromatic carbocycles. The maximum absolute atomic E-state index is 13.7. The van der Waals surface area contributed by atoms with Crippen molar-refractivity contribution in [2.75, 3.05) is 13.2 Å². The fraction of sp³-hybridized carbons (Fsp3) is 0.240. The molecule has 0 fully saturated rings. The molecule has 6 nitrogen and oxygen atoms in total. The van der Waals surface area contributed by atoms with Crippen LogP contribution in [0, 0.1) is 0 Å². The van der Waals surface area contributed by atoms with Crippen LogP contribution in [0.3, 0.4) is 0 Å². The van der Waals surface area contributed by atoms with Crippen LogP contribution in [0.15, 0.2) is 58.6 Å². The van der Waals surface area contributed by atoms with Crippen LogP contribution in [0.1, 0.15) is 41.4 Å². The zero-order chi connectivity index (χ0) is 23.4. The van der Waals surface area contributed by atoms with Crippen molar-refractivity contribution in [3.63, 3.8) is 0 Å². The summed E-state index contributed by atoms with van der Waals surface area (Å²) in [5.74, 6) is -0.604. The van der Waals surface area contributed by atoms with Crippen LogP contribution in [0.4, 0.5) is 0 Å². The highest BCUT2D eigenvalue weighted by Crippen LogP contribution is 2.36. The van der Waals surface area contributed by atoms with Crippen LogP contribution >= 0.6 is 23.2 Å². The first-order chi connectivity index (χ1) is 16.0. The van der Waals surface area contributed by atoms with Crippen molar-refractivity contribution in [3.8, 4) is 11.3 Å². The Morgan fingerprint density at radius 2 is 1.97 bits per heavy atom. The van der Waals surface area contributed by atoms with Crippen LogP contribution in [0.5, 0.6) is 0 Å². The molecule has 1 aromatic heterocycles. The maximum atomic E-state index is 13.7. The Balaban J connectivity index is 1.76. The summed E-state index contributed by atoms with van der Waals surface area (Å²) in [6.07, 6.45) is 3.20. The van der Waals surface area contributed by atoms with E-state index in [-0.39, 0.29) is 23.8 Å². The minimum absolute atomic E-state index is 0.0800. The van der Waals surface area contributed by atoms with Crippen molar-refractivity contribution in [2.45, 2.75) is 26.3 Å². The van der Waals surface area contributed by atoms with Gasteiger partial charge >= 0.3 is 5.97 Å². The molecule has 0 bridgehead atoms. The van der Waals surface area contributed by atoms with Gasteiger partial charge in [0.2, 0.25) is 0 Å². The van der Waals surface area contributed by atoms with Crippen LogP contribution in [-0.2, 0) is 16.1 Å². The largest absolute Gasteiger partial charge is 0.462 e. The topological polar surface area (TPSA) is 72.6 Å². The van der Waals surface area contributed by atoms with Gasteiger partial charge in [0.1, 0.15) is 11.3 Å². The number of rotatable bonds is 7. The first-order valence-corrected chi connectivity index (χ1v) is 11.4. The molecule has 0 aliphatic carbocycles. The predicted molar refractivity (Wildman–Crippen MR) is 127 cm³/mol. The summed E-state index contributed by atoms with van der Waals surface area (Å²) in [4.78, 5) is 28.0. The van der Waals surface area contributed by atoms with E-state index in [9.17, 15) is 9.59 Å². The molecule has 170 valence electrons. The summed E-state index contributed by atoms with van der Waals surface area (Å²) in [5, 5.41) is 4.92. The number of carbonyl (C=O) groups excluding carboxylic acids is 2. The third kappa shape index (κ3) is 5.13. The van der Waals surface area contributed by atoms with E-state index in [0.29, 0.717) is 40.0 Å². The van der Waals surface area contributed by atoms with Gasteiger partial charge in [-0.3, -0.25) is 4.79 Å². The van der Waals surface area contributed by atoms with Gasteiger partial charge in [0, 0.05) is 17.1 Å². The summed E-state index contributed by atoms with van der Waals surface area (Å²) < 4.78 is 10.9. The highest BCUT2D eigenvalue weighted by molar-refractivity contribution is 6.36. The number of aromatic nitrogens is 1. The fourth-order valence-corrected chi connectivity index (χ4v) is 4.07. The molecule has 1 aliphatic rings. The average molecular weight is 485 g/mol. The van der Waals surface area contributed by atoms with Gasteiger partial charge in [0.05, 0.1) is 23.7 Å². The quantitative estimate of drug-likeness (QED) is 0.302. The third-order valence-electron chi connectivity index (χ3n) is 5.28. The first-order valence-electron chi connectivity index (χ1n) is 10.6. The van der Waals surface area contributed by atoms with Crippen LogP contribution < -0.4 is 0 Å². The fourth-order valence-electron chi connectivity index (χ4n) is 3.57. The molecule has 1 amide bonds. The van der Waals surface area contributed by atoms with Crippen molar-refractivity contribution in [2.24, 2.45) is 0 Å². The number of unbranched alkanes of at least 4 members (excludes halogenated alkanes) is 1. The summed E-state index contributed by atoms with van der Waals surface area (Å²) in [6.45, 7) is 2.71. The normalized spacial score (nSPS) is 13.4. The molecule has 0 unspecified atom stereocenters. The Bertz CT molecular complexity index is 1200. The molecule has 1 aliphatic heterocycles. The minimum atomic E-state index is -0.482. The zero-order valence-corrected chi connectivity index (χ0v) is 19.5. The number of fused-ring (bicyclic) bond motifs is 1. The monoisotopic (exact) mass is 484 g/mol. The van der Waals surface area contributed by atoms with Gasteiger partial charge < -0.3 is 14.2 Å². The van der Waals surface area contributed by atoms with E-state index in [2.05, 4.69) is 5.16 Å². The third-order valence-corrected chi connectivity index (χ3v) is 5.83. The van der Waals surface area contributed by atoms with Gasteiger partial charge in [0.15, 0.2) is 5.76 Å². The van der Waals surface area contributed by atoms with E-state index >= 15 is 0 Å². The summed E-state index contributed by atoms with van der Waals surface area (Å²) in [7, 11) is 0. The van der Waals surface area contributed by atoms with Crippen LogP contribution in [0.2, 0.25) is 10.0 Å². The van der Waals surface area contributed by atoms with Gasteiger partial charge in [-0.1, -0.05) is 72.0 Å². The first kappa shape index (κ1) is 23.1. The van der Waals surface area contributed by atoms with Gasteiger partial charge in [-0.25, -0.2) is 4.79 Å². The van der Waals surface area contributed by atoms with Crippen molar-refractivity contribution >= 4 is 41.2 Å². The summed E-state index contributed by atoms with van der Waals surface area (Å²) in [5.41, 5.74) is 2.30. The average Bonchev–Trinajstić information content (AvgIpc) is 3.15. The number of nitrogens with zero attached hydrogens (tertiary/aromatic N) is 2. The number of hydrogen-bond acceptors (Lipinski definition) is 5. The molecular weight excluding hydrogens is 463 g/mol. The van der Waals surface area contributed by atoms with Crippen LogP contribution in [-0.4, -0.2) is 35.1 Å². The Morgan fingerprint density at radius 1 is 1.18 bits per heavy atom. The number of carbonyl (C=O) groups is 2. The number of ether oxygens (including phenoxy) is 1. The van der Waals surface area contributed by atoms with Gasteiger partial charge in [-0.05, 0) is 36.3 Å². The molecule has 4 rings (SSSR count). The molecule has 0 atom stereocenters. The lowest BCUT2D eigenvalue weighted by Gasteiger charge is -2.22. The Kier molecular flexibility index (Phi) is 7.16. The lowest BCUT2D eigenvalue weighted by Crippen LogP contribution is -2.33. The van der Waals surface area contributed by atoms with Crippen molar-refractivity contribution in [1.82, 2.24) is 10.1 Å². The molecule has 2 heterocycles. The van der Waals surface area contributed by atoms with Gasteiger partial charge in [-0.15, -0.1) is 0 Å². The predicted octanol–water partition coefficient (Wildman–Crippen LogP) is 6.03. The standard InChI is InChI=1S/C25H22Cl2N2O4/c1-2-3-11-32-25(31)17-12-21-22(23(28-33-21)19-10-9-18(26)13-20(19)27)24(30)29(15-17)14-16-7-5-4-6-8-16/h4-10,12-13H,2-3,11,14-15H2,1H3. The summed E-state index contributed by atoms with van der Waals surface area (Å²) >= 11 is 12.4. The molecule has 0 spiro atoms. The van der Waals surface area contributed by atoms with E-state index in [0.717, 1.165) is 18.4 Å². The second-order valence-corrected chi connectivity index (χ2v) is 8.54. The lowest BCUT2D eigenvalue weighted by atomic mass is 10.0. The molecule has 0 saturated heterocycles. The zero-order valence-electron chi connectivity index (χ0n) is 18.0. The second-order valence-electron chi connectivity index (χ2n) is 7.70. The van der Waals surface area contributed by atoms with Gasteiger partial charge in [-0.2, -0.15) is 0 Å². The molecule has 0 saturated carbocycles. The smallest absolute Gasteiger partial charge is 0.335 e. The molecule has 0 N–H and O–H groups in total. The molecular formula is C25H22Cl2N2O4. The van der Waals surface area contributed by atoms with E-state index in [1.807, 2.05) is 37.3 Å². The Hall–Kier alpha value is -3.09. The minimum Gasteiger partial charge on any atom is -0.462 e. The Labute approximate surface area is 201 Å². The van der Waals surface area contributed by atoms with Crippen molar-refractivity contribution < 1.29 is 18.8 Å². The van der Waals surface area contributed by atoms with E-state index in [1.165, 1.54) is 6.08 Å². The Morgan fingerprint density at radius 3 is 2.70 bits per heavy atom. The maximum Gasteiger partial charge on any atom is 0.335 e. The highest BCUT2D eigenvalue weighted by atomic mass is 35.5. The van der Waals surface area contributed by atoms with E-state index < -0.39 is 5.97 Å². The highest BCUT2D eigenvalue weighted by Gasteiger charge is 2.33. The second kappa shape index (κ2) is 10.2. The number of hydrogen-bond donors (Lipinski definition) is 0. The number of amides is 1. The SMILES string of the molecule is CCCCOC(=O)C1=Cc2onc(-c3ccc(Cl)cc3Cl)c2C(=O)N(Cc2ccccc2)C1. The van der Waals surface area contributed by atoms with Crippen LogP contribution in [0.25, 0.3) is 17.3 Å². The molecule has 3 aromatic rings. The molecule has 0 radical (unpaired) electrons. The number of halogens is 2. The molecule has 33 heavy (non-hydrogen) atoms. The lowest BCUT2D eigenvalue weighted by molar-refractivity contribution is -0.139. The number of esters is 1. The summed E-state index contributed by atoms with van der Waals surface area (Å²) in [6, 6.07) is 14.5. The van der Waals surface area contributed by atoms with E-state index in [1.54, 1.807) is 23.1 Å².